The molecule has 0 fully saturated rings. The average Bonchev–Trinajstić information content (AvgIpc) is 3.16. The molecule has 7 nitrogen and oxygen atoms in total. The van der Waals surface area contributed by atoms with Crippen molar-refractivity contribution < 1.29 is 19.1 Å². The van der Waals surface area contributed by atoms with Gasteiger partial charge in [0.05, 0.1) is 24.6 Å². The molecule has 28 heavy (non-hydrogen) atoms. The molecule has 0 spiro atoms. The largest absolute Gasteiger partial charge is 0.492 e. The number of ether oxygens (including phenoxy) is 2. The van der Waals surface area contributed by atoms with Gasteiger partial charge < -0.3 is 14.8 Å². The zero-order chi connectivity index (χ0) is 19.9. The van der Waals surface area contributed by atoms with Gasteiger partial charge in [-0.1, -0.05) is 30.3 Å². The number of amides is 1. The van der Waals surface area contributed by atoms with E-state index >= 15 is 0 Å². The number of hydrazone groups is 1. The van der Waals surface area contributed by atoms with E-state index in [2.05, 4.69) is 10.4 Å². The van der Waals surface area contributed by atoms with Crippen molar-refractivity contribution in [3.8, 4) is 5.75 Å². The van der Waals surface area contributed by atoms with Crippen molar-refractivity contribution >= 4 is 29.0 Å². The van der Waals surface area contributed by atoms with Crippen molar-refractivity contribution in [1.29, 1.82) is 0 Å². The van der Waals surface area contributed by atoms with E-state index in [1.54, 1.807) is 24.1 Å². The highest BCUT2D eigenvalue weighted by molar-refractivity contribution is 6.38. The van der Waals surface area contributed by atoms with Crippen LogP contribution >= 0.6 is 0 Å². The van der Waals surface area contributed by atoms with Crippen LogP contribution < -0.4 is 15.1 Å². The van der Waals surface area contributed by atoms with Crippen LogP contribution in [-0.2, 0) is 14.3 Å². The molecule has 0 aliphatic carbocycles. The molecule has 3 rings (SSSR count). The summed E-state index contributed by atoms with van der Waals surface area (Å²) in [5.74, 6) is -0.193. The molecule has 1 unspecified atom stereocenters. The van der Waals surface area contributed by atoms with Crippen molar-refractivity contribution in [3.05, 3.63) is 54.6 Å². The highest BCUT2D eigenvalue weighted by atomic mass is 16.5. The Labute approximate surface area is 163 Å². The van der Waals surface area contributed by atoms with Gasteiger partial charge in [-0.3, -0.25) is 9.80 Å². The number of hydrogen-bond donors (Lipinski definition) is 1. The first-order valence-electron chi connectivity index (χ1n) is 9.25. The van der Waals surface area contributed by atoms with Crippen LogP contribution in [0.3, 0.4) is 0 Å². The highest BCUT2D eigenvalue weighted by Gasteiger charge is 2.37. The molecule has 0 aromatic heterocycles. The number of benzene rings is 2. The Morgan fingerprint density at radius 2 is 1.79 bits per heavy atom. The molecule has 0 saturated carbocycles. The van der Waals surface area contributed by atoms with E-state index in [1.165, 1.54) is 0 Å². The van der Waals surface area contributed by atoms with Crippen molar-refractivity contribution in [2.24, 2.45) is 5.10 Å². The van der Waals surface area contributed by atoms with Gasteiger partial charge >= 0.3 is 5.97 Å². The van der Waals surface area contributed by atoms with Crippen molar-refractivity contribution in [2.75, 3.05) is 23.5 Å². The summed E-state index contributed by atoms with van der Waals surface area (Å²) in [6.45, 7) is 4.35. The second-order valence-electron chi connectivity index (χ2n) is 6.09. The van der Waals surface area contributed by atoms with Gasteiger partial charge in [0.25, 0.3) is 0 Å². The summed E-state index contributed by atoms with van der Waals surface area (Å²) in [6, 6.07) is 15.8. The van der Waals surface area contributed by atoms with Crippen LogP contribution in [0.25, 0.3) is 0 Å². The van der Waals surface area contributed by atoms with Gasteiger partial charge in [0.2, 0.25) is 5.91 Å². The molecular weight excluding hydrogens is 358 g/mol. The lowest BCUT2D eigenvalue weighted by Gasteiger charge is -2.23. The van der Waals surface area contributed by atoms with Crippen LogP contribution in [0.1, 0.15) is 20.3 Å². The van der Waals surface area contributed by atoms with Gasteiger partial charge in [0, 0.05) is 6.42 Å². The summed E-state index contributed by atoms with van der Waals surface area (Å²) in [5, 5.41) is 8.82. The molecule has 1 N–H and O–H groups in total. The number of carbonyl (C=O) groups is 2. The fourth-order valence-electron chi connectivity index (χ4n) is 2.94. The van der Waals surface area contributed by atoms with Crippen LogP contribution in [-0.4, -0.2) is 36.8 Å². The van der Waals surface area contributed by atoms with E-state index < -0.39 is 12.0 Å². The third-order valence-electron chi connectivity index (χ3n) is 4.19. The fraction of sp³-hybridized carbons (Fsp3) is 0.286. The topological polar surface area (TPSA) is 80.2 Å². The Kier molecular flexibility index (Phi) is 6.26. The Balaban J connectivity index is 1.84. The molecule has 1 aliphatic heterocycles. The zero-order valence-electron chi connectivity index (χ0n) is 15.9. The Bertz CT molecular complexity index is 867. The minimum absolute atomic E-state index is 0.163. The predicted molar refractivity (Wildman–Crippen MR) is 108 cm³/mol. The average molecular weight is 381 g/mol. The summed E-state index contributed by atoms with van der Waals surface area (Å²) in [7, 11) is 0. The Morgan fingerprint density at radius 1 is 1.07 bits per heavy atom. The maximum absolute atomic E-state index is 13.0. The SMILES string of the molecule is CCOC(=O)C1=NN(c2ccccc2)C(C(=O)Nc2ccccc2OCC)C1. The minimum atomic E-state index is -0.670. The van der Waals surface area contributed by atoms with Crippen molar-refractivity contribution in [3.63, 3.8) is 0 Å². The molecule has 1 heterocycles. The van der Waals surface area contributed by atoms with Gasteiger partial charge in [0.15, 0.2) is 0 Å². The van der Waals surface area contributed by atoms with Crippen LogP contribution in [0.4, 0.5) is 11.4 Å². The van der Waals surface area contributed by atoms with E-state index in [9.17, 15) is 9.59 Å². The summed E-state index contributed by atoms with van der Waals surface area (Å²) in [6.07, 6.45) is 0.163. The van der Waals surface area contributed by atoms with Crippen LogP contribution in [0.5, 0.6) is 5.75 Å². The monoisotopic (exact) mass is 381 g/mol. The van der Waals surface area contributed by atoms with Gasteiger partial charge in [-0.05, 0) is 38.1 Å². The third kappa shape index (κ3) is 4.31. The molecule has 2 aromatic carbocycles. The molecular formula is C21H23N3O4. The van der Waals surface area contributed by atoms with Gasteiger partial charge in [-0.15, -0.1) is 0 Å². The lowest BCUT2D eigenvalue weighted by atomic mass is 10.1. The Hall–Kier alpha value is -3.35. The molecule has 0 radical (unpaired) electrons. The standard InChI is InChI=1S/C21H23N3O4/c1-3-27-19-13-9-8-12-16(19)22-20(25)18-14-17(21(26)28-4-2)23-24(18)15-10-6-5-7-11-15/h5-13,18H,3-4,14H2,1-2H3,(H,22,25). The third-order valence-corrected chi connectivity index (χ3v) is 4.19. The number of carbonyl (C=O) groups excluding carboxylic acids is 2. The zero-order valence-corrected chi connectivity index (χ0v) is 15.9. The smallest absolute Gasteiger partial charge is 0.354 e. The summed E-state index contributed by atoms with van der Waals surface area (Å²) < 4.78 is 10.6. The molecule has 0 bridgehead atoms. The number of para-hydroxylation sites is 3. The lowest BCUT2D eigenvalue weighted by molar-refractivity contribution is -0.135. The van der Waals surface area contributed by atoms with Crippen molar-refractivity contribution in [1.82, 2.24) is 0 Å². The number of nitrogens with one attached hydrogen (secondary N) is 1. The van der Waals surface area contributed by atoms with E-state index in [-0.39, 0.29) is 24.6 Å². The quantitative estimate of drug-likeness (QED) is 0.745. The second kappa shape index (κ2) is 9.03. The van der Waals surface area contributed by atoms with E-state index in [0.29, 0.717) is 18.0 Å². The number of esters is 1. The van der Waals surface area contributed by atoms with Crippen LogP contribution in [0, 0.1) is 0 Å². The normalized spacial score (nSPS) is 15.7. The van der Waals surface area contributed by atoms with E-state index in [4.69, 9.17) is 9.47 Å². The van der Waals surface area contributed by atoms with Gasteiger partial charge in [-0.2, -0.15) is 5.10 Å². The maximum atomic E-state index is 13.0. The summed E-state index contributed by atoms with van der Waals surface area (Å²) in [4.78, 5) is 25.2. The summed E-state index contributed by atoms with van der Waals surface area (Å²) in [5.41, 5.74) is 1.52. The number of nitrogens with zero attached hydrogens (tertiary/aromatic N) is 2. The minimum Gasteiger partial charge on any atom is -0.492 e. The van der Waals surface area contributed by atoms with Gasteiger partial charge in [-0.25, -0.2) is 4.79 Å². The molecule has 1 amide bonds. The molecule has 1 atom stereocenters. The number of anilines is 2. The first-order chi connectivity index (χ1) is 13.6. The number of rotatable bonds is 7. The highest BCUT2D eigenvalue weighted by Crippen LogP contribution is 2.28. The maximum Gasteiger partial charge on any atom is 0.354 e. The number of hydrogen-bond acceptors (Lipinski definition) is 6. The van der Waals surface area contributed by atoms with Crippen LogP contribution in [0.15, 0.2) is 59.7 Å². The second-order valence-corrected chi connectivity index (χ2v) is 6.09. The van der Waals surface area contributed by atoms with E-state index in [1.807, 2.05) is 49.4 Å². The Morgan fingerprint density at radius 3 is 2.50 bits per heavy atom. The predicted octanol–water partition coefficient (Wildman–Crippen LogP) is 3.22. The van der Waals surface area contributed by atoms with Crippen molar-refractivity contribution in [2.45, 2.75) is 26.3 Å². The fourth-order valence-corrected chi connectivity index (χ4v) is 2.94. The molecule has 1 aliphatic rings. The van der Waals surface area contributed by atoms with E-state index in [0.717, 1.165) is 5.69 Å². The lowest BCUT2D eigenvalue weighted by Crippen LogP contribution is -2.38. The first kappa shape index (κ1) is 19.4. The van der Waals surface area contributed by atoms with Crippen LogP contribution in [0.2, 0.25) is 0 Å². The molecule has 146 valence electrons. The molecule has 7 heteroatoms. The van der Waals surface area contributed by atoms with Gasteiger partial charge in [0.1, 0.15) is 17.5 Å². The first-order valence-corrected chi connectivity index (χ1v) is 9.25. The molecule has 2 aromatic rings. The summed E-state index contributed by atoms with van der Waals surface area (Å²) >= 11 is 0. The molecule has 0 saturated heterocycles.